The van der Waals surface area contributed by atoms with Gasteiger partial charge in [0, 0.05) is 13.2 Å². The van der Waals surface area contributed by atoms with Crippen LogP contribution in [0.3, 0.4) is 0 Å². The van der Waals surface area contributed by atoms with Crippen molar-refractivity contribution in [2.45, 2.75) is 51.2 Å². The van der Waals surface area contributed by atoms with Crippen molar-refractivity contribution in [3.05, 3.63) is 0 Å². The average Bonchev–Trinajstić information content (AvgIpc) is 2.90. The Balaban J connectivity index is 2.09. The van der Waals surface area contributed by atoms with E-state index in [0.717, 1.165) is 25.7 Å². The maximum Gasteiger partial charge on any atom is 0.322 e. The molecule has 2 fully saturated rings. The zero-order chi connectivity index (χ0) is 14.8. The molecule has 0 spiro atoms. The zero-order valence-electron chi connectivity index (χ0n) is 11.8. The van der Waals surface area contributed by atoms with Crippen molar-refractivity contribution in [3.8, 4) is 0 Å². The summed E-state index contributed by atoms with van der Waals surface area (Å²) < 4.78 is 31.4. The summed E-state index contributed by atoms with van der Waals surface area (Å²) in [6.45, 7) is 2.92. The van der Waals surface area contributed by atoms with Crippen LogP contribution in [0.15, 0.2) is 0 Å². The lowest BCUT2D eigenvalue weighted by atomic mass is 9.90. The smallest absolute Gasteiger partial charge is 0.322 e. The molecule has 20 heavy (non-hydrogen) atoms. The average molecular weight is 305 g/mol. The van der Waals surface area contributed by atoms with E-state index in [0.29, 0.717) is 25.5 Å². The number of hydrogen-bond acceptors (Lipinski definition) is 4. The second-order valence-electron chi connectivity index (χ2n) is 5.68. The molecule has 3 unspecified atom stereocenters. The second kappa shape index (κ2) is 6.41. The topological polar surface area (TPSA) is 83.9 Å². The molecule has 2 aliphatic rings. The fourth-order valence-electron chi connectivity index (χ4n) is 3.05. The van der Waals surface area contributed by atoms with Crippen LogP contribution in [-0.4, -0.2) is 54.8 Å². The number of nitrogens with zero attached hydrogens (tertiary/aromatic N) is 1. The highest BCUT2D eigenvalue weighted by atomic mass is 32.2. The summed E-state index contributed by atoms with van der Waals surface area (Å²) in [5.41, 5.74) is 0. The third-order valence-corrected chi connectivity index (χ3v) is 6.25. The van der Waals surface area contributed by atoms with Gasteiger partial charge in [-0.05, 0) is 31.6 Å². The number of carboxylic acid groups (broad SMARTS) is 1. The molecule has 0 aliphatic carbocycles. The molecule has 0 amide bonds. The first-order valence-corrected chi connectivity index (χ1v) is 8.89. The molecular weight excluding hydrogens is 282 g/mol. The highest BCUT2D eigenvalue weighted by Gasteiger charge is 2.40. The van der Waals surface area contributed by atoms with E-state index in [2.05, 4.69) is 0 Å². The zero-order valence-corrected chi connectivity index (χ0v) is 12.6. The minimum Gasteiger partial charge on any atom is -0.480 e. The molecule has 2 heterocycles. The molecule has 6 nitrogen and oxygen atoms in total. The number of hydrogen-bond donors (Lipinski definition) is 1. The Morgan fingerprint density at radius 1 is 1.40 bits per heavy atom. The Morgan fingerprint density at radius 2 is 2.15 bits per heavy atom. The van der Waals surface area contributed by atoms with E-state index >= 15 is 0 Å². The van der Waals surface area contributed by atoms with Crippen molar-refractivity contribution in [2.24, 2.45) is 5.92 Å². The van der Waals surface area contributed by atoms with Gasteiger partial charge in [0.25, 0.3) is 0 Å². The number of aliphatic carboxylic acids is 1. The summed E-state index contributed by atoms with van der Waals surface area (Å²) in [5.74, 6) is -0.836. The summed E-state index contributed by atoms with van der Waals surface area (Å²) in [4.78, 5) is 11.4. The molecule has 7 heteroatoms. The van der Waals surface area contributed by atoms with Crippen LogP contribution in [0.25, 0.3) is 0 Å². The van der Waals surface area contributed by atoms with Gasteiger partial charge < -0.3 is 9.84 Å². The van der Waals surface area contributed by atoms with Crippen molar-refractivity contribution < 1.29 is 23.1 Å². The predicted octanol–water partition coefficient (Wildman–Crippen LogP) is 1.07. The maximum atomic E-state index is 12.4. The van der Waals surface area contributed by atoms with E-state index in [1.54, 1.807) is 0 Å². The standard InChI is InChI=1S/C13H23NO5S/c1-2-10-5-6-14(12(8-10)13(15)16)20(17,18)9-11-4-3-7-19-11/h10-12H,2-9H2,1H3,(H,15,16). The molecule has 0 radical (unpaired) electrons. The predicted molar refractivity (Wildman–Crippen MR) is 73.9 cm³/mol. The summed E-state index contributed by atoms with van der Waals surface area (Å²) >= 11 is 0. The van der Waals surface area contributed by atoms with E-state index in [9.17, 15) is 18.3 Å². The van der Waals surface area contributed by atoms with Crippen molar-refractivity contribution in [2.75, 3.05) is 18.9 Å². The van der Waals surface area contributed by atoms with Gasteiger partial charge in [-0.15, -0.1) is 0 Å². The highest BCUT2D eigenvalue weighted by molar-refractivity contribution is 7.89. The molecule has 0 aromatic heterocycles. The first kappa shape index (κ1) is 15.7. The van der Waals surface area contributed by atoms with Crippen molar-refractivity contribution in [3.63, 3.8) is 0 Å². The largest absolute Gasteiger partial charge is 0.480 e. The number of sulfonamides is 1. The molecule has 0 aromatic carbocycles. The molecule has 2 saturated heterocycles. The van der Waals surface area contributed by atoms with E-state index in [1.807, 2.05) is 6.92 Å². The molecule has 116 valence electrons. The minimum atomic E-state index is -3.57. The lowest BCUT2D eigenvalue weighted by molar-refractivity contribution is -0.143. The van der Waals surface area contributed by atoms with Crippen molar-refractivity contribution >= 4 is 16.0 Å². The highest BCUT2D eigenvalue weighted by Crippen LogP contribution is 2.29. The third-order valence-electron chi connectivity index (χ3n) is 4.30. The summed E-state index contributed by atoms with van der Waals surface area (Å²) in [5, 5.41) is 9.31. The molecule has 2 rings (SSSR count). The fraction of sp³-hybridized carbons (Fsp3) is 0.923. The van der Waals surface area contributed by atoms with Crippen LogP contribution in [-0.2, 0) is 19.6 Å². The number of ether oxygens (including phenoxy) is 1. The van der Waals surface area contributed by atoms with Gasteiger partial charge in [0.1, 0.15) is 6.04 Å². The van der Waals surface area contributed by atoms with Crippen LogP contribution in [0.4, 0.5) is 0 Å². The number of rotatable bonds is 5. The van der Waals surface area contributed by atoms with E-state index in [-0.39, 0.29) is 11.9 Å². The lowest BCUT2D eigenvalue weighted by Crippen LogP contribution is -2.51. The molecule has 3 atom stereocenters. The van der Waals surface area contributed by atoms with Gasteiger partial charge in [-0.2, -0.15) is 4.31 Å². The Morgan fingerprint density at radius 3 is 2.70 bits per heavy atom. The Labute approximate surface area is 120 Å². The van der Waals surface area contributed by atoms with Crippen LogP contribution in [0, 0.1) is 5.92 Å². The number of carbonyl (C=O) groups is 1. The van der Waals surface area contributed by atoms with Crippen LogP contribution < -0.4 is 0 Å². The molecular formula is C13H23NO5S. The van der Waals surface area contributed by atoms with Gasteiger partial charge in [-0.1, -0.05) is 13.3 Å². The molecule has 0 bridgehead atoms. The Bertz CT molecular complexity index is 444. The van der Waals surface area contributed by atoms with Gasteiger partial charge >= 0.3 is 5.97 Å². The van der Waals surface area contributed by atoms with Crippen LogP contribution in [0.1, 0.15) is 39.0 Å². The van der Waals surface area contributed by atoms with Gasteiger partial charge in [0.15, 0.2) is 0 Å². The molecule has 0 aromatic rings. The number of carboxylic acids is 1. The Hall–Kier alpha value is -0.660. The van der Waals surface area contributed by atoms with Crippen LogP contribution >= 0.6 is 0 Å². The van der Waals surface area contributed by atoms with Gasteiger partial charge in [0.05, 0.1) is 11.9 Å². The lowest BCUT2D eigenvalue weighted by Gasteiger charge is -2.36. The van der Waals surface area contributed by atoms with Crippen LogP contribution in [0.2, 0.25) is 0 Å². The Kier molecular flexibility index (Phi) is 5.04. The molecule has 1 N–H and O–H groups in total. The monoisotopic (exact) mass is 305 g/mol. The van der Waals surface area contributed by atoms with Gasteiger partial charge in [-0.25, -0.2) is 8.42 Å². The maximum absolute atomic E-state index is 12.4. The van der Waals surface area contributed by atoms with Crippen LogP contribution in [0.5, 0.6) is 0 Å². The van der Waals surface area contributed by atoms with Gasteiger partial charge in [0.2, 0.25) is 10.0 Å². The van der Waals surface area contributed by atoms with Crippen molar-refractivity contribution in [1.29, 1.82) is 0 Å². The second-order valence-corrected chi connectivity index (χ2v) is 7.64. The third kappa shape index (κ3) is 3.51. The van der Waals surface area contributed by atoms with E-state index in [4.69, 9.17) is 4.74 Å². The van der Waals surface area contributed by atoms with E-state index in [1.165, 1.54) is 4.31 Å². The quantitative estimate of drug-likeness (QED) is 0.821. The normalized spacial score (nSPS) is 32.4. The van der Waals surface area contributed by atoms with Gasteiger partial charge in [-0.3, -0.25) is 4.79 Å². The fourth-order valence-corrected chi connectivity index (χ4v) is 4.92. The SMILES string of the molecule is CCC1CCN(S(=O)(=O)CC2CCCO2)C(C(=O)O)C1. The first-order chi connectivity index (χ1) is 9.44. The molecule has 0 saturated carbocycles. The summed E-state index contributed by atoms with van der Waals surface area (Å²) in [6.07, 6.45) is 3.38. The van der Waals surface area contributed by atoms with Crippen molar-refractivity contribution in [1.82, 2.24) is 4.31 Å². The molecule has 2 aliphatic heterocycles. The summed E-state index contributed by atoms with van der Waals surface area (Å²) in [7, 11) is -3.57. The first-order valence-electron chi connectivity index (χ1n) is 7.28. The summed E-state index contributed by atoms with van der Waals surface area (Å²) in [6, 6.07) is -0.917. The number of piperidine rings is 1. The van der Waals surface area contributed by atoms with E-state index < -0.39 is 22.0 Å². The minimum absolute atomic E-state index is 0.0897.